The number of hydrogen-bond acceptors (Lipinski definition) is 8. The number of aromatic amines is 1. The smallest absolute Gasteiger partial charge is 0.225 e. The van der Waals surface area contributed by atoms with Gasteiger partial charge in [0, 0.05) is 42.4 Å². The largest absolute Gasteiger partial charge is 0.351 e. The monoisotopic (exact) mass is 471 g/mol. The van der Waals surface area contributed by atoms with Crippen LogP contribution in [0.1, 0.15) is 34.8 Å². The van der Waals surface area contributed by atoms with E-state index in [-0.39, 0.29) is 5.78 Å². The molecular formula is C25H25N7OS. The Morgan fingerprint density at radius 3 is 2.74 bits per heavy atom. The molecule has 2 saturated carbocycles. The minimum atomic E-state index is 0.191. The number of thiophene rings is 1. The van der Waals surface area contributed by atoms with Crippen molar-refractivity contribution in [2.24, 2.45) is 11.8 Å². The first-order valence-corrected chi connectivity index (χ1v) is 12.7. The maximum Gasteiger partial charge on any atom is 0.225 e. The first-order chi connectivity index (χ1) is 16.7. The number of anilines is 3. The fourth-order valence-corrected chi connectivity index (χ4v) is 5.94. The van der Waals surface area contributed by atoms with Crippen LogP contribution in [0.25, 0.3) is 10.2 Å². The molecule has 34 heavy (non-hydrogen) atoms. The first kappa shape index (κ1) is 20.1. The van der Waals surface area contributed by atoms with Gasteiger partial charge in [0.25, 0.3) is 0 Å². The maximum absolute atomic E-state index is 12.5. The maximum atomic E-state index is 12.5. The molecule has 3 atom stereocenters. The summed E-state index contributed by atoms with van der Waals surface area (Å²) in [6.45, 7) is 2.36. The molecule has 3 fully saturated rings. The van der Waals surface area contributed by atoms with E-state index in [4.69, 9.17) is 9.97 Å². The molecule has 3 aliphatic rings. The van der Waals surface area contributed by atoms with Gasteiger partial charge in [-0.2, -0.15) is 10.1 Å². The van der Waals surface area contributed by atoms with E-state index in [1.54, 1.807) is 11.3 Å². The molecule has 1 unspecified atom stereocenters. The summed E-state index contributed by atoms with van der Waals surface area (Å²) in [5.41, 5.74) is 2.92. The second kappa shape index (κ2) is 7.89. The molecule has 8 nitrogen and oxygen atoms in total. The third-order valence-electron chi connectivity index (χ3n) is 7.19. The minimum absolute atomic E-state index is 0.191. The Kier molecular flexibility index (Phi) is 4.66. The van der Waals surface area contributed by atoms with E-state index in [1.807, 2.05) is 41.8 Å². The summed E-state index contributed by atoms with van der Waals surface area (Å²) in [6.07, 6.45) is 2.47. The van der Waals surface area contributed by atoms with Gasteiger partial charge in [0.15, 0.2) is 17.4 Å². The number of carbonyl (C=O) groups excluding carboxylic acids is 1. The van der Waals surface area contributed by atoms with Crippen molar-refractivity contribution in [3.05, 3.63) is 59.1 Å². The number of carbonyl (C=O) groups is 1. The molecule has 1 saturated heterocycles. The third kappa shape index (κ3) is 3.74. The molecular weight excluding hydrogens is 446 g/mol. The number of rotatable bonds is 8. The van der Waals surface area contributed by atoms with E-state index >= 15 is 0 Å². The zero-order valence-corrected chi connectivity index (χ0v) is 19.4. The number of H-pyrrole nitrogens is 1. The van der Waals surface area contributed by atoms with Gasteiger partial charge < -0.3 is 10.6 Å². The van der Waals surface area contributed by atoms with Crippen LogP contribution in [-0.4, -0.2) is 56.5 Å². The Hall–Kier alpha value is -3.30. The van der Waals surface area contributed by atoms with Gasteiger partial charge in [0.2, 0.25) is 5.95 Å². The molecule has 0 spiro atoms. The fraction of sp³-hybridized carbons (Fsp3) is 0.360. The van der Waals surface area contributed by atoms with Crippen molar-refractivity contribution < 1.29 is 4.79 Å². The van der Waals surface area contributed by atoms with E-state index in [9.17, 15) is 4.79 Å². The van der Waals surface area contributed by atoms with Crippen molar-refractivity contribution in [2.75, 3.05) is 30.3 Å². The molecule has 0 amide bonds. The Balaban J connectivity index is 1.02. The average molecular weight is 472 g/mol. The summed E-state index contributed by atoms with van der Waals surface area (Å²) < 4.78 is 1.03. The van der Waals surface area contributed by atoms with Gasteiger partial charge in [-0.3, -0.25) is 14.8 Å². The lowest BCUT2D eigenvalue weighted by Gasteiger charge is -2.19. The normalized spacial score (nSPS) is 23.7. The number of ketones is 1. The fourth-order valence-electron chi connectivity index (χ4n) is 5.16. The zero-order chi connectivity index (χ0) is 22.6. The van der Waals surface area contributed by atoms with Crippen molar-refractivity contribution in [2.45, 2.75) is 24.8 Å². The lowest BCUT2D eigenvalue weighted by molar-refractivity contribution is 0.0938. The van der Waals surface area contributed by atoms with Crippen molar-refractivity contribution in [3.8, 4) is 0 Å². The van der Waals surface area contributed by atoms with Crippen molar-refractivity contribution in [3.63, 3.8) is 0 Å². The summed E-state index contributed by atoms with van der Waals surface area (Å²) in [5.74, 6) is 4.13. The van der Waals surface area contributed by atoms with E-state index in [0.29, 0.717) is 36.3 Å². The van der Waals surface area contributed by atoms with Gasteiger partial charge in [0.1, 0.15) is 0 Å². The van der Waals surface area contributed by atoms with Crippen molar-refractivity contribution in [1.29, 1.82) is 0 Å². The number of fused-ring (bicyclic) bond motifs is 2. The molecule has 172 valence electrons. The molecule has 0 radical (unpaired) electrons. The molecule has 3 N–H and O–H groups in total. The quantitative estimate of drug-likeness (QED) is 0.330. The number of piperidine rings is 1. The summed E-state index contributed by atoms with van der Waals surface area (Å²) in [5, 5.41) is 16.6. The Bertz CT molecular complexity index is 1350. The number of likely N-dealkylation sites (tertiary alicyclic amines) is 1. The summed E-state index contributed by atoms with van der Waals surface area (Å²) in [4.78, 5) is 24.4. The highest BCUT2D eigenvalue weighted by Crippen LogP contribution is 2.47. The van der Waals surface area contributed by atoms with Crippen LogP contribution < -0.4 is 10.6 Å². The molecule has 3 aromatic heterocycles. The first-order valence-electron chi connectivity index (χ1n) is 11.9. The highest BCUT2D eigenvalue weighted by atomic mass is 32.1. The van der Waals surface area contributed by atoms with E-state index in [2.05, 4.69) is 31.8 Å². The summed E-state index contributed by atoms with van der Waals surface area (Å²) >= 11 is 1.63. The lowest BCUT2D eigenvalue weighted by atomic mass is 10.1. The summed E-state index contributed by atoms with van der Waals surface area (Å²) in [7, 11) is 0. The molecule has 2 aliphatic carbocycles. The number of aromatic nitrogens is 4. The SMILES string of the molecule is O=C(CN1C[C@@H]2C(Nc3nc(Nc4cc(C5CC5)[nH]n4)c4sccc4n3)[C@@H]2C1)c1ccccc1. The Labute approximate surface area is 200 Å². The number of benzene rings is 1. The predicted molar refractivity (Wildman–Crippen MR) is 133 cm³/mol. The van der Waals surface area contributed by atoms with Crippen molar-refractivity contribution in [1.82, 2.24) is 25.1 Å². The summed E-state index contributed by atoms with van der Waals surface area (Å²) in [6, 6.07) is 14.0. The lowest BCUT2D eigenvalue weighted by Crippen LogP contribution is -2.32. The predicted octanol–water partition coefficient (Wildman–Crippen LogP) is 4.26. The van der Waals surface area contributed by atoms with Crippen LogP contribution >= 0.6 is 11.3 Å². The second-order valence-corrected chi connectivity index (χ2v) is 10.5. The number of nitrogens with one attached hydrogen (secondary N) is 3. The number of hydrogen-bond donors (Lipinski definition) is 3. The zero-order valence-electron chi connectivity index (χ0n) is 18.6. The van der Waals surface area contributed by atoms with E-state index in [1.165, 1.54) is 18.5 Å². The Morgan fingerprint density at radius 1 is 1.12 bits per heavy atom. The Morgan fingerprint density at radius 2 is 1.94 bits per heavy atom. The molecule has 4 heterocycles. The van der Waals surface area contributed by atoms with Crippen LogP contribution in [0.3, 0.4) is 0 Å². The van der Waals surface area contributed by atoms with Gasteiger partial charge in [-0.25, -0.2) is 4.98 Å². The van der Waals surface area contributed by atoms with Gasteiger partial charge in [-0.1, -0.05) is 30.3 Å². The van der Waals surface area contributed by atoms with Crippen LogP contribution in [0.2, 0.25) is 0 Å². The number of nitrogens with zero attached hydrogens (tertiary/aromatic N) is 4. The molecule has 7 rings (SSSR count). The van der Waals surface area contributed by atoms with Crippen LogP contribution in [-0.2, 0) is 0 Å². The van der Waals surface area contributed by atoms with Crippen molar-refractivity contribution >= 4 is 44.9 Å². The van der Waals surface area contributed by atoms with Crippen LogP contribution in [0.5, 0.6) is 0 Å². The minimum Gasteiger partial charge on any atom is -0.351 e. The standard InChI is InChI=1S/C25H25N7OS/c33-20(15-4-2-1-3-5-15)13-32-11-16-17(12-32)22(16)28-25-26-18-8-9-34-23(18)24(29-25)27-21-10-19(30-31-21)14-6-7-14/h1-5,8-10,14,16-17,22H,6-7,11-13H2,(H3,26,27,28,29,30,31)/t16-,17+,22?. The van der Waals surface area contributed by atoms with Crippen LogP contribution in [0.4, 0.5) is 17.6 Å². The third-order valence-corrected chi connectivity index (χ3v) is 8.10. The molecule has 4 aromatic rings. The van der Waals surface area contributed by atoms with E-state index in [0.717, 1.165) is 40.5 Å². The van der Waals surface area contributed by atoms with Gasteiger partial charge in [0.05, 0.1) is 16.8 Å². The number of Topliss-reactive ketones (excluding diaryl/α,β-unsaturated/α-hetero) is 1. The van der Waals surface area contributed by atoms with Gasteiger partial charge in [-0.15, -0.1) is 11.3 Å². The average Bonchev–Trinajstić information content (AvgIpc) is 3.56. The van der Waals surface area contributed by atoms with Gasteiger partial charge >= 0.3 is 0 Å². The molecule has 1 aromatic carbocycles. The second-order valence-electron chi connectivity index (χ2n) is 9.62. The van der Waals surface area contributed by atoms with E-state index < -0.39 is 0 Å². The molecule has 0 bridgehead atoms. The van der Waals surface area contributed by atoms with Crippen LogP contribution in [0, 0.1) is 11.8 Å². The topological polar surface area (TPSA) is 98.8 Å². The highest BCUT2D eigenvalue weighted by molar-refractivity contribution is 7.17. The highest BCUT2D eigenvalue weighted by Gasteiger charge is 2.56. The molecule has 9 heteroatoms. The van der Waals surface area contributed by atoms with Gasteiger partial charge in [-0.05, 0) is 36.1 Å². The molecule has 1 aliphatic heterocycles. The van der Waals surface area contributed by atoms with Crippen LogP contribution in [0.15, 0.2) is 47.8 Å².